The Labute approximate surface area is 224 Å². The molecule has 0 radical (unpaired) electrons. The van der Waals surface area contributed by atoms with Crippen LogP contribution in [0.5, 0.6) is 0 Å². The van der Waals surface area contributed by atoms with Gasteiger partial charge in [-0.25, -0.2) is 4.79 Å². The standard InChI is InChI=1S/C31H35N3O4/c1-31(2,3)38-30(35)33-21-7-10-28(33)18-15-24-11-13-25(14-12-24)22-32(27-8-5-4-6-9-27)23-26-16-19-29(20-17-26)34(36)37/h4-6,8-9,11-20,28H,7,10,21-23H2,1-3H3/t28-/m0/s1. The Balaban J connectivity index is 1.43. The number of non-ortho nitro benzene ring substituents is 1. The summed E-state index contributed by atoms with van der Waals surface area (Å²) in [7, 11) is 0. The van der Waals surface area contributed by atoms with Gasteiger partial charge in [0, 0.05) is 37.5 Å². The maximum atomic E-state index is 12.6. The summed E-state index contributed by atoms with van der Waals surface area (Å²) in [5, 5.41) is 11.0. The Morgan fingerprint density at radius 1 is 1.00 bits per heavy atom. The van der Waals surface area contributed by atoms with Gasteiger partial charge in [-0.1, -0.05) is 66.7 Å². The number of nitro benzene ring substituents is 1. The van der Waals surface area contributed by atoms with Gasteiger partial charge in [0.1, 0.15) is 5.60 Å². The number of ether oxygens (including phenoxy) is 1. The monoisotopic (exact) mass is 513 g/mol. The molecule has 1 aliphatic heterocycles. The van der Waals surface area contributed by atoms with E-state index in [1.807, 2.05) is 56.0 Å². The molecule has 4 rings (SSSR count). The maximum absolute atomic E-state index is 12.6. The predicted octanol–water partition coefficient (Wildman–Crippen LogP) is 7.21. The van der Waals surface area contributed by atoms with E-state index in [1.54, 1.807) is 12.1 Å². The van der Waals surface area contributed by atoms with E-state index in [0.29, 0.717) is 19.6 Å². The summed E-state index contributed by atoms with van der Waals surface area (Å²) in [4.78, 5) is 27.3. The molecule has 38 heavy (non-hydrogen) atoms. The third kappa shape index (κ3) is 7.44. The Kier molecular flexibility index (Phi) is 8.46. The average molecular weight is 514 g/mol. The van der Waals surface area contributed by atoms with Crippen molar-refractivity contribution in [3.8, 4) is 0 Å². The number of carbonyl (C=O) groups excluding carboxylic acids is 1. The molecule has 7 nitrogen and oxygen atoms in total. The molecule has 1 amide bonds. The predicted molar refractivity (Wildman–Crippen MR) is 151 cm³/mol. The van der Waals surface area contributed by atoms with Gasteiger partial charge in [-0.3, -0.25) is 10.1 Å². The van der Waals surface area contributed by atoms with Crippen LogP contribution in [0.1, 0.15) is 50.3 Å². The van der Waals surface area contributed by atoms with Crippen LogP contribution < -0.4 is 4.90 Å². The van der Waals surface area contributed by atoms with Crippen LogP contribution in [0.2, 0.25) is 0 Å². The molecule has 7 heteroatoms. The lowest BCUT2D eigenvalue weighted by Crippen LogP contribution is -2.39. The molecule has 0 aromatic heterocycles. The lowest BCUT2D eigenvalue weighted by Gasteiger charge is -2.27. The van der Waals surface area contributed by atoms with Gasteiger partial charge < -0.3 is 14.5 Å². The number of carbonyl (C=O) groups is 1. The van der Waals surface area contributed by atoms with Crippen LogP contribution in [-0.2, 0) is 17.8 Å². The Morgan fingerprint density at radius 3 is 2.18 bits per heavy atom. The van der Waals surface area contributed by atoms with Gasteiger partial charge in [-0.15, -0.1) is 0 Å². The minimum Gasteiger partial charge on any atom is -0.444 e. The highest BCUT2D eigenvalue weighted by Crippen LogP contribution is 2.24. The number of hydrogen-bond acceptors (Lipinski definition) is 5. The number of nitrogens with zero attached hydrogens (tertiary/aromatic N) is 3. The molecule has 1 aliphatic rings. The number of nitro groups is 1. The van der Waals surface area contributed by atoms with Crippen LogP contribution in [0.4, 0.5) is 16.2 Å². The summed E-state index contributed by atoms with van der Waals surface area (Å²) < 4.78 is 5.57. The molecule has 0 unspecified atom stereocenters. The van der Waals surface area contributed by atoms with Gasteiger partial charge in [-0.05, 0) is 62.4 Å². The van der Waals surface area contributed by atoms with Crippen LogP contribution in [0.3, 0.4) is 0 Å². The lowest BCUT2D eigenvalue weighted by molar-refractivity contribution is -0.384. The summed E-state index contributed by atoms with van der Waals surface area (Å²) in [6.07, 6.45) is 5.81. The number of benzene rings is 3. The zero-order chi connectivity index (χ0) is 27.1. The van der Waals surface area contributed by atoms with E-state index in [4.69, 9.17) is 4.74 Å². The number of rotatable bonds is 8. The van der Waals surface area contributed by atoms with E-state index in [2.05, 4.69) is 53.5 Å². The number of likely N-dealkylation sites (tertiary alicyclic amines) is 1. The molecule has 0 bridgehead atoms. The quantitative estimate of drug-likeness (QED) is 0.235. The molecule has 0 saturated carbocycles. The van der Waals surface area contributed by atoms with Crippen LogP contribution in [0.15, 0.2) is 84.9 Å². The molecule has 1 fully saturated rings. The van der Waals surface area contributed by atoms with Crippen molar-refractivity contribution in [1.29, 1.82) is 0 Å². The fraction of sp³-hybridized carbons (Fsp3) is 0.323. The van der Waals surface area contributed by atoms with Gasteiger partial charge >= 0.3 is 6.09 Å². The largest absolute Gasteiger partial charge is 0.444 e. The summed E-state index contributed by atoms with van der Waals surface area (Å²) in [6.45, 7) is 7.70. The van der Waals surface area contributed by atoms with Crippen LogP contribution in [-0.4, -0.2) is 34.1 Å². The van der Waals surface area contributed by atoms with Crippen molar-refractivity contribution in [2.45, 2.75) is 58.3 Å². The van der Waals surface area contributed by atoms with E-state index < -0.39 is 5.60 Å². The summed E-state index contributed by atoms with van der Waals surface area (Å²) in [6, 6.07) is 25.3. The average Bonchev–Trinajstić information content (AvgIpc) is 3.37. The SMILES string of the molecule is CC(C)(C)OC(=O)N1CCC[C@H]1C=Cc1ccc(CN(Cc2ccc([N+](=O)[O-])cc2)c2ccccc2)cc1. The Hall–Kier alpha value is -4.13. The first-order valence-corrected chi connectivity index (χ1v) is 13.0. The second kappa shape index (κ2) is 11.9. The summed E-state index contributed by atoms with van der Waals surface area (Å²) in [5.74, 6) is 0. The first-order valence-electron chi connectivity index (χ1n) is 13.0. The van der Waals surface area contributed by atoms with Gasteiger partial charge in [0.2, 0.25) is 0 Å². The van der Waals surface area contributed by atoms with Crippen molar-refractivity contribution in [1.82, 2.24) is 4.90 Å². The molecule has 3 aromatic rings. The zero-order valence-electron chi connectivity index (χ0n) is 22.2. The summed E-state index contributed by atoms with van der Waals surface area (Å²) in [5.41, 5.74) is 3.91. The minimum atomic E-state index is -0.504. The highest BCUT2D eigenvalue weighted by Gasteiger charge is 2.30. The van der Waals surface area contributed by atoms with Crippen molar-refractivity contribution in [2.75, 3.05) is 11.4 Å². The van der Waals surface area contributed by atoms with Gasteiger partial charge in [0.25, 0.3) is 5.69 Å². The first kappa shape index (κ1) is 26.9. The normalized spacial score (nSPS) is 15.6. The molecule has 0 spiro atoms. The lowest BCUT2D eigenvalue weighted by atomic mass is 10.1. The van der Waals surface area contributed by atoms with Gasteiger partial charge in [0.15, 0.2) is 0 Å². The maximum Gasteiger partial charge on any atom is 0.410 e. The first-order chi connectivity index (χ1) is 18.2. The fourth-order valence-corrected chi connectivity index (χ4v) is 4.54. The van der Waals surface area contributed by atoms with Crippen molar-refractivity contribution >= 4 is 23.5 Å². The van der Waals surface area contributed by atoms with Gasteiger partial charge in [0.05, 0.1) is 11.0 Å². The Bertz CT molecular complexity index is 1250. The minimum absolute atomic E-state index is 0.0415. The van der Waals surface area contributed by atoms with E-state index in [0.717, 1.165) is 35.2 Å². The smallest absolute Gasteiger partial charge is 0.410 e. The van der Waals surface area contributed by atoms with Crippen molar-refractivity contribution < 1.29 is 14.5 Å². The highest BCUT2D eigenvalue weighted by atomic mass is 16.6. The molecule has 0 N–H and O–H groups in total. The van der Waals surface area contributed by atoms with Gasteiger partial charge in [-0.2, -0.15) is 0 Å². The number of hydrogen-bond donors (Lipinski definition) is 0. The molecule has 1 atom stereocenters. The van der Waals surface area contributed by atoms with E-state index in [-0.39, 0.29) is 22.7 Å². The van der Waals surface area contributed by atoms with E-state index in [9.17, 15) is 14.9 Å². The summed E-state index contributed by atoms with van der Waals surface area (Å²) >= 11 is 0. The second-order valence-electron chi connectivity index (χ2n) is 10.6. The third-order valence-corrected chi connectivity index (χ3v) is 6.43. The zero-order valence-corrected chi connectivity index (χ0v) is 22.2. The van der Waals surface area contributed by atoms with Crippen molar-refractivity contribution in [3.63, 3.8) is 0 Å². The number of anilines is 1. The van der Waals surface area contributed by atoms with E-state index in [1.165, 1.54) is 0 Å². The highest BCUT2D eigenvalue weighted by molar-refractivity contribution is 5.69. The van der Waals surface area contributed by atoms with Crippen LogP contribution in [0.25, 0.3) is 6.08 Å². The van der Waals surface area contributed by atoms with Crippen molar-refractivity contribution in [2.24, 2.45) is 0 Å². The molecule has 1 heterocycles. The molecular weight excluding hydrogens is 478 g/mol. The third-order valence-electron chi connectivity index (χ3n) is 6.43. The molecular formula is C31H35N3O4. The van der Waals surface area contributed by atoms with Crippen LogP contribution in [0, 0.1) is 10.1 Å². The number of amides is 1. The fourth-order valence-electron chi connectivity index (χ4n) is 4.54. The molecule has 198 valence electrons. The molecule has 1 saturated heterocycles. The molecule has 3 aromatic carbocycles. The topological polar surface area (TPSA) is 75.9 Å². The van der Waals surface area contributed by atoms with Crippen LogP contribution >= 0.6 is 0 Å². The van der Waals surface area contributed by atoms with E-state index >= 15 is 0 Å². The Morgan fingerprint density at radius 2 is 1.61 bits per heavy atom. The molecule has 0 aliphatic carbocycles. The van der Waals surface area contributed by atoms with Crippen molar-refractivity contribution in [3.05, 3.63) is 112 Å². The number of para-hydroxylation sites is 1. The second-order valence-corrected chi connectivity index (χ2v) is 10.6.